The number of urea groups is 1. The minimum absolute atomic E-state index is 0.180. The number of carboxylic acids is 1. The zero-order valence-corrected chi connectivity index (χ0v) is 11.2. The molecule has 0 aromatic rings. The topological polar surface area (TPSA) is 95.5 Å². The van der Waals surface area contributed by atoms with E-state index in [2.05, 4.69) is 10.6 Å². The van der Waals surface area contributed by atoms with Gasteiger partial charge in [0.1, 0.15) is 6.04 Å². The second-order valence-corrected chi connectivity index (χ2v) is 5.75. The van der Waals surface area contributed by atoms with Crippen molar-refractivity contribution < 1.29 is 18.9 Å². The normalized spacial score (nSPS) is 14.1. The molecule has 0 bridgehead atoms. The van der Waals surface area contributed by atoms with Gasteiger partial charge in [0.25, 0.3) is 0 Å². The molecule has 3 N–H and O–H groups in total. The van der Waals surface area contributed by atoms with Gasteiger partial charge in [-0.15, -0.1) is 0 Å². The molecule has 7 heteroatoms. The number of hydrogen-bond acceptors (Lipinski definition) is 3. The molecule has 0 aliphatic heterocycles. The average Bonchev–Trinajstić information content (AvgIpc) is 2.15. The van der Waals surface area contributed by atoms with Gasteiger partial charge in [0.2, 0.25) is 0 Å². The highest BCUT2D eigenvalue weighted by Gasteiger charge is 2.20. The first-order chi connectivity index (χ1) is 7.82. The first-order valence-electron chi connectivity index (χ1n) is 5.40. The second-order valence-electron chi connectivity index (χ2n) is 4.20. The Morgan fingerprint density at radius 1 is 1.35 bits per heavy atom. The van der Waals surface area contributed by atoms with Gasteiger partial charge in [0, 0.05) is 29.4 Å². The lowest BCUT2D eigenvalue weighted by Gasteiger charge is -2.16. The van der Waals surface area contributed by atoms with E-state index in [4.69, 9.17) is 5.11 Å². The van der Waals surface area contributed by atoms with E-state index >= 15 is 0 Å². The van der Waals surface area contributed by atoms with Gasteiger partial charge in [0.15, 0.2) is 0 Å². The minimum Gasteiger partial charge on any atom is -0.480 e. The molecule has 2 atom stereocenters. The van der Waals surface area contributed by atoms with Gasteiger partial charge in [0.05, 0.1) is 0 Å². The van der Waals surface area contributed by atoms with E-state index in [0.717, 1.165) is 0 Å². The number of nitrogens with one attached hydrogen (secondary N) is 2. The Morgan fingerprint density at radius 2 is 1.94 bits per heavy atom. The molecule has 0 rings (SSSR count). The van der Waals surface area contributed by atoms with E-state index in [1.54, 1.807) is 6.26 Å². The molecule has 0 saturated heterocycles. The maximum absolute atomic E-state index is 11.3. The number of rotatable bonds is 7. The van der Waals surface area contributed by atoms with Crippen LogP contribution in [0.5, 0.6) is 0 Å². The lowest BCUT2D eigenvalue weighted by atomic mass is 10.0. The van der Waals surface area contributed by atoms with Gasteiger partial charge >= 0.3 is 12.0 Å². The fraction of sp³-hybridized carbons (Fsp3) is 0.800. The van der Waals surface area contributed by atoms with Crippen LogP contribution in [0, 0.1) is 5.92 Å². The maximum Gasteiger partial charge on any atom is 0.326 e. The summed E-state index contributed by atoms with van der Waals surface area (Å²) in [5.41, 5.74) is 0. The third-order valence-corrected chi connectivity index (χ3v) is 2.76. The molecule has 6 nitrogen and oxygen atoms in total. The molecule has 0 aromatic carbocycles. The summed E-state index contributed by atoms with van der Waals surface area (Å²) >= 11 is 0. The van der Waals surface area contributed by atoms with Gasteiger partial charge in [-0.25, -0.2) is 9.59 Å². The Morgan fingerprint density at radius 3 is 2.35 bits per heavy atom. The van der Waals surface area contributed by atoms with Crippen molar-refractivity contribution in [2.45, 2.75) is 26.3 Å². The number of amides is 2. The van der Waals surface area contributed by atoms with Gasteiger partial charge < -0.3 is 15.7 Å². The van der Waals surface area contributed by atoms with Crippen molar-refractivity contribution in [3.05, 3.63) is 0 Å². The molecule has 0 radical (unpaired) electrons. The highest BCUT2D eigenvalue weighted by molar-refractivity contribution is 7.84. The molecule has 100 valence electrons. The smallest absolute Gasteiger partial charge is 0.326 e. The monoisotopic (exact) mass is 264 g/mol. The van der Waals surface area contributed by atoms with Crippen LogP contribution in [-0.2, 0) is 15.6 Å². The molecule has 0 saturated carbocycles. The number of hydrogen-bond donors (Lipinski definition) is 3. The molecule has 0 aromatic heterocycles. The standard InChI is InChI=1S/C10H20N2O4S/c1-7(2)6-8(9(13)14)12-10(15)11-4-5-17(3)16/h7-8H,4-6H2,1-3H3,(H,13,14)(H2,11,12,15). The van der Waals surface area contributed by atoms with Crippen LogP contribution in [0.25, 0.3) is 0 Å². The molecule has 0 heterocycles. The van der Waals surface area contributed by atoms with E-state index in [9.17, 15) is 13.8 Å². The Labute approximate surface area is 104 Å². The van der Waals surface area contributed by atoms with Crippen LogP contribution < -0.4 is 10.6 Å². The molecule has 2 amide bonds. The van der Waals surface area contributed by atoms with Crippen molar-refractivity contribution in [2.24, 2.45) is 5.92 Å². The molecule has 0 spiro atoms. The van der Waals surface area contributed by atoms with Crippen LogP contribution in [0.15, 0.2) is 0 Å². The van der Waals surface area contributed by atoms with Gasteiger partial charge in [-0.3, -0.25) is 4.21 Å². The van der Waals surface area contributed by atoms with Crippen molar-refractivity contribution in [3.63, 3.8) is 0 Å². The Bertz CT molecular complexity index is 294. The summed E-state index contributed by atoms with van der Waals surface area (Å²) in [4.78, 5) is 22.2. The molecule has 0 aliphatic carbocycles. The van der Waals surface area contributed by atoms with E-state index in [0.29, 0.717) is 12.2 Å². The highest BCUT2D eigenvalue weighted by Crippen LogP contribution is 2.04. The van der Waals surface area contributed by atoms with Gasteiger partial charge in [-0.05, 0) is 12.3 Å². The molecule has 0 fully saturated rings. The Hall–Kier alpha value is -1.11. The fourth-order valence-corrected chi connectivity index (χ4v) is 1.60. The van der Waals surface area contributed by atoms with Crippen molar-refractivity contribution >= 4 is 22.8 Å². The Kier molecular flexibility index (Phi) is 7.53. The van der Waals surface area contributed by atoms with Crippen LogP contribution in [0.3, 0.4) is 0 Å². The van der Waals surface area contributed by atoms with Gasteiger partial charge in [-0.1, -0.05) is 13.8 Å². The van der Waals surface area contributed by atoms with E-state index in [1.165, 1.54) is 0 Å². The predicted molar refractivity (Wildman–Crippen MR) is 66.3 cm³/mol. The summed E-state index contributed by atoms with van der Waals surface area (Å²) in [5.74, 6) is -0.512. The average molecular weight is 264 g/mol. The fourth-order valence-electron chi connectivity index (χ4n) is 1.21. The third-order valence-electron chi connectivity index (χ3n) is 1.99. The number of carboxylic acid groups (broad SMARTS) is 1. The summed E-state index contributed by atoms with van der Waals surface area (Å²) in [6, 6.07) is -1.43. The third kappa shape index (κ3) is 8.67. The molecule has 0 aliphatic rings. The first-order valence-corrected chi connectivity index (χ1v) is 7.12. The number of carbonyl (C=O) groups excluding carboxylic acids is 1. The lowest BCUT2D eigenvalue weighted by Crippen LogP contribution is -2.47. The largest absolute Gasteiger partial charge is 0.480 e. The molecule has 2 unspecified atom stereocenters. The zero-order valence-electron chi connectivity index (χ0n) is 10.4. The van der Waals surface area contributed by atoms with Crippen LogP contribution in [0.2, 0.25) is 0 Å². The number of aliphatic carboxylic acids is 1. The molecule has 17 heavy (non-hydrogen) atoms. The molecular formula is C10H20N2O4S. The van der Waals surface area contributed by atoms with Crippen molar-refractivity contribution in [3.8, 4) is 0 Å². The van der Waals surface area contributed by atoms with Crippen LogP contribution in [0.4, 0.5) is 4.79 Å². The first kappa shape index (κ1) is 15.9. The van der Waals surface area contributed by atoms with Crippen molar-refractivity contribution in [1.82, 2.24) is 10.6 Å². The van der Waals surface area contributed by atoms with Crippen molar-refractivity contribution in [2.75, 3.05) is 18.6 Å². The Balaban J connectivity index is 4.04. The van der Waals surface area contributed by atoms with Crippen LogP contribution >= 0.6 is 0 Å². The minimum atomic E-state index is -1.05. The summed E-state index contributed by atoms with van der Waals surface area (Å²) in [5, 5.41) is 13.7. The van der Waals surface area contributed by atoms with E-state index in [1.807, 2.05) is 13.8 Å². The van der Waals surface area contributed by atoms with Gasteiger partial charge in [-0.2, -0.15) is 0 Å². The molecular weight excluding hydrogens is 244 g/mol. The predicted octanol–water partition coefficient (Wildman–Crippen LogP) is 0.163. The summed E-state index contributed by atoms with van der Waals surface area (Å²) in [6.45, 7) is 4.04. The summed E-state index contributed by atoms with van der Waals surface area (Å²) in [7, 11) is -0.971. The van der Waals surface area contributed by atoms with Crippen LogP contribution in [-0.4, -0.2) is 45.9 Å². The number of carbonyl (C=O) groups is 2. The van der Waals surface area contributed by atoms with E-state index in [-0.39, 0.29) is 12.5 Å². The van der Waals surface area contributed by atoms with Crippen molar-refractivity contribution in [1.29, 1.82) is 0 Å². The summed E-state index contributed by atoms with van der Waals surface area (Å²) in [6.07, 6.45) is 1.92. The summed E-state index contributed by atoms with van der Waals surface area (Å²) < 4.78 is 10.7. The zero-order chi connectivity index (χ0) is 13.4. The van der Waals surface area contributed by atoms with E-state index < -0.39 is 28.8 Å². The lowest BCUT2D eigenvalue weighted by molar-refractivity contribution is -0.139. The second kappa shape index (κ2) is 8.05. The maximum atomic E-state index is 11.3. The van der Waals surface area contributed by atoms with Crippen LogP contribution in [0.1, 0.15) is 20.3 Å². The quantitative estimate of drug-likeness (QED) is 0.610. The highest BCUT2D eigenvalue weighted by atomic mass is 32.2. The SMILES string of the molecule is CC(C)CC(NC(=O)NCCS(C)=O)C(=O)O.